The first-order valence-corrected chi connectivity index (χ1v) is 11.2. The maximum Gasteiger partial charge on any atom is 0.261 e. The minimum atomic E-state index is -0.361. The van der Waals surface area contributed by atoms with Crippen LogP contribution in [0.3, 0.4) is 0 Å². The topological polar surface area (TPSA) is 73.9 Å². The van der Waals surface area contributed by atoms with Crippen molar-refractivity contribution in [3.8, 4) is 5.75 Å². The molecule has 1 fully saturated rings. The monoisotopic (exact) mass is 504 g/mol. The molecule has 9 heteroatoms. The highest BCUT2D eigenvalue weighted by molar-refractivity contribution is 9.10. The summed E-state index contributed by atoms with van der Waals surface area (Å²) in [5.74, 6) is 0.279. The molecule has 0 aliphatic carbocycles. The number of amides is 2. The molecule has 0 aromatic heterocycles. The number of rotatable bonds is 5. The van der Waals surface area contributed by atoms with Gasteiger partial charge in [-0.25, -0.2) is 0 Å². The Kier molecular flexibility index (Phi) is 7.86. The van der Waals surface area contributed by atoms with Crippen LogP contribution in [-0.2, 0) is 4.79 Å². The number of nitrogens with zero attached hydrogens (tertiary/aromatic N) is 2. The van der Waals surface area contributed by atoms with Gasteiger partial charge in [0.2, 0.25) is 5.91 Å². The van der Waals surface area contributed by atoms with Gasteiger partial charge in [0, 0.05) is 37.1 Å². The molecule has 0 bridgehead atoms. The minimum Gasteiger partial charge on any atom is -0.496 e. The van der Waals surface area contributed by atoms with Gasteiger partial charge in [-0.15, -0.1) is 0 Å². The smallest absolute Gasteiger partial charge is 0.261 e. The summed E-state index contributed by atoms with van der Waals surface area (Å²) in [4.78, 5) is 28.7. The minimum absolute atomic E-state index is 0.179. The predicted octanol–water partition coefficient (Wildman–Crippen LogP) is 3.64. The SMILES string of the molecule is CCC(=O)N1CCN(c2ccccc2NC(=S)NC(=O)c2cc(Br)ccc2OC)CC1. The third-order valence-corrected chi connectivity index (χ3v) is 5.76. The second-order valence-electron chi connectivity index (χ2n) is 6.99. The summed E-state index contributed by atoms with van der Waals surface area (Å²) >= 11 is 8.76. The van der Waals surface area contributed by atoms with Crippen LogP contribution in [0.1, 0.15) is 23.7 Å². The molecule has 31 heavy (non-hydrogen) atoms. The number of nitrogens with one attached hydrogen (secondary N) is 2. The van der Waals surface area contributed by atoms with E-state index in [9.17, 15) is 9.59 Å². The zero-order valence-electron chi connectivity index (χ0n) is 17.5. The Morgan fingerprint density at radius 2 is 1.84 bits per heavy atom. The predicted molar refractivity (Wildman–Crippen MR) is 130 cm³/mol. The summed E-state index contributed by atoms with van der Waals surface area (Å²) in [6.07, 6.45) is 0.523. The second kappa shape index (κ2) is 10.6. The molecule has 1 aliphatic heterocycles. The van der Waals surface area contributed by atoms with Crippen LogP contribution in [0.25, 0.3) is 0 Å². The van der Waals surface area contributed by atoms with Crippen LogP contribution in [0.15, 0.2) is 46.9 Å². The van der Waals surface area contributed by atoms with Gasteiger partial charge in [0.05, 0.1) is 24.0 Å². The molecular formula is C22H25BrN4O3S. The number of benzene rings is 2. The van der Waals surface area contributed by atoms with Gasteiger partial charge in [-0.1, -0.05) is 35.0 Å². The lowest BCUT2D eigenvalue weighted by atomic mass is 10.2. The standard InChI is InChI=1S/C22H25BrN4O3S/c1-3-20(28)27-12-10-26(11-13-27)18-7-5-4-6-17(18)24-22(31)25-21(29)16-14-15(23)8-9-19(16)30-2/h4-9,14H,3,10-13H2,1-2H3,(H2,24,25,29,31). The number of hydrogen-bond donors (Lipinski definition) is 2. The van der Waals surface area contributed by atoms with Crippen molar-refractivity contribution in [2.45, 2.75) is 13.3 Å². The van der Waals surface area contributed by atoms with Gasteiger partial charge in [-0.3, -0.25) is 14.9 Å². The van der Waals surface area contributed by atoms with Crippen molar-refractivity contribution in [1.29, 1.82) is 0 Å². The number of hydrogen-bond acceptors (Lipinski definition) is 5. The Hall–Kier alpha value is -2.65. The van der Waals surface area contributed by atoms with E-state index in [4.69, 9.17) is 17.0 Å². The van der Waals surface area contributed by atoms with Gasteiger partial charge in [0.1, 0.15) is 5.75 Å². The molecule has 2 aromatic rings. The number of carbonyl (C=O) groups is 2. The molecule has 0 radical (unpaired) electrons. The third kappa shape index (κ3) is 5.74. The quantitative estimate of drug-likeness (QED) is 0.605. The molecule has 7 nitrogen and oxygen atoms in total. The Morgan fingerprint density at radius 1 is 1.13 bits per heavy atom. The Balaban J connectivity index is 1.67. The molecule has 2 N–H and O–H groups in total. The lowest BCUT2D eigenvalue weighted by Crippen LogP contribution is -2.48. The van der Waals surface area contributed by atoms with Crippen LogP contribution in [0, 0.1) is 0 Å². The maximum atomic E-state index is 12.7. The highest BCUT2D eigenvalue weighted by Crippen LogP contribution is 2.27. The first kappa shape index (κ1) is 23.0. The largest absolute Gasteiger partial charge is 0.496 e. The summed E-state index contributed by atoms with van der Waals surface area (Å²) in [5.41, 5.74) is 2.15. The summed E-state index contributed by atoms with van der Waals surface area (Å²) in [6.45, 7) is 4.72. The van der Waals surface area contributed by atoms with Gasteiger partial charge in [0.15, 0.2) is 5.11 Å². The molecule has 1 heterocycles. The maximum absolute atomic E-state index is 12.7. The van der Waals surface area contributed by atoms with Crippen molar-refractivity contribution in [1.82, 2.24) is 10.2 Å². The fourth-order valence-corrected chi connectivity index (χ4v) is 4.02. The van der Waals surface area contributed by atoms with E-state index in [-0.39, 0.29) is 16.9 Å². The third-order valence-electron chi connectivity index (χ3n) is 5.06. The molecule has 0 spiro atoms. The lowest BCUT2D eigenvalue weighted by Gasteiger charge is -2.37. The van der Waals surface area contributed by atoms with E-state index in [0.717, 1.165) is 28.9 Å². The van der Waals surface area contributed by atoms with Crippen molar-refractivity contribution in [2.75, 3.05) is 43.5 Å². The Labute approximate surface area is 195 Å². The van der Waals surface area contributed by atoms with Crippen LogP contribution in [-0.4, -0.2) is 55.1 Å². The highest BCUT2D eigenvalue weighted by atomic mass is 79.9. The number of thiocarbonyl (C=S) groups is 1. The first-order valence-electron chi connectivity index (χ1n) is 10.0. The van der Waals surface area contributed by atoms with E-state index in [1.807, 2.05) is 36.1 Å². The van der Waals surface area contributed by atoms with Crippen LogP contribution in [0.2, 0.25) is 0 Å². The van der Waals surface area contributed by atoms with Gasteiger partial charge in [-0.05, 0) is 42.5 Å². The van der Waals surface area contributed by atoms with Gasteiger partial charge < -0.3 is 19.9 Å². The van der Waals surface area contributed by atoms with Crippen LogP contribution >= 0.6 is 28.1 Å². The number of methoxy groups -OCH3 is 1. The number of carbonyl (C=O) groups excluding carboxylic acids is 2. The molecule has 0 unspecified atom stereocenters. The number of ether oxygens (including phenoxy) is 1. The molecule has 1 aliphatic rings. The number of para-hydroxylation sites is 2. The first-order chi connectivity index (χ1) is 14.9. The molecule has 2 aromatic carbocycles. The molecule has 3 rings (SSSR count). The van der Waals surface area contributed by atoms with Crippen molar-refractivity contribution in [3.05, 3.63) is 52.5 Å². The fraction of sp³-hybridized carbons (Fsp3) is 0.318. The summed E-state index contributed by atoms with van der Waals surface area (Å²) in [7, 11) is 1.51. The van der Waals surface area contributed by atoms with E-state index in [1.165, 1.54) is 7.11 Å². The van der Waals surface area contributed by atoms with Crippen molar-refractivity contribution < 1.29 is 14.3 Å². The van der Waals surface area contributed by atoms with Gasteiger partial charge in [0.25, 0.3) is 5.91 Å². The van der Waals surface area contributed by atoms with Gasteiger partial charge in [-0.2, -0.15) is 0 Å². The Bertz CT molecular complexity index is 977. The number of halogens is 1. The molecule has 0 saturated carbocycles. The van der Waals surface area contributed by atoms with Crippen LogP contribution in [0.4, 0.5) is 11.4 Å². The van der Waals surface area contributed by atoms with E-state index in [1.54, 1.807) is 18.2 Å². The molecule has 164 valence electrons. The van der Waals surface area contributed by atoms with E-state index < -0.39 is 0 Å². The number of piperazine rings is 1. The molecule has 2 amide bonds. The van der Waals surface area contributed by atoms with Crippen molar-refractivity contribution in [3.63, 3.8) is 0 Å². The summed E-state index contributed by atoms with van der Waals surface area (Å²) in [5, 5.41) is 6.04. The van der Waals surface area contributed by atoms with E-state index in [2.05, 4.69) is 31.5 Å². The van der Waals surface area contributed by atoms with Crippen molar-refractivity contribution in [2.24, 2.45) is 0 Å². The van der Waals surface area contributed by atoms with E-state index >= 15 is 0 Å². The lowest BCUT2D eigenvalue weighted by molar-refractivity contribution is -0.131. The molecule has 1 saturated heterocycles. The average molecular weight is 505 g/mol. The number of anilines is 2. The van der Waals surface area contributed by atoms with Crippen LogP contribution in [0.5, 0.6) is 5.75 Å². The second-order valence-corrected chi connectivity index (χ2v) is 8.32. The normalized spacial score (nSPS) is 13.5. The van der Waals surface area contributed by atoms with Crippen molar-refractivity contribution >= 4 is 56.4 Å². The van der Waals surface area contributed by atoms with E-state index in [0.29, 0.717) is 30.8 Å². The molecule has 0 atom stereocenters. The summed E-state index contributed by atoms with van der Waals surface area (Å²) in [6, 6.07) is 13.0. The zero-order valence-corrected chi connectivity index (χ0v) is 19.9. The summed E-state index contributed by atoms with van der Waals surface area (Å²) < 4.78 is 6.04. The molecular weight excluding hydrogens is 480 g/mol. The Morgan fingerprint density at radius 3 is 2.52 bits per heavy atom. The van der Waals surface area contributed by atoms with Crippen LogP contribution < -0.4 is 20.3 Å². The van der Waals surface area contributed by atoms with Gasteiger partial charge >= 0.3 is 0 Å². The average Bonchev–Trinajstić information content (AvgIpc) is 2.79. The zero-order chi connectivity index (χ0) is 22.4. The highest BCUT2D eigenvalue weighted by Gasteiger charge is 2.22. The fourth-order valence-electron chi connectivity index (χ4n) is 3.46.